The number of carbonyl (C=O) groups excluding carboxylic acids is 1. The Kier molecular flexibility index (Phi) is 2.53. The third-order valence-electron chi connectivity index (χ3n) is 2.68. The van der Waals surface area contributed by atoms with E-state index in [0.717, 1.165) is 10.9 Å². The fraction of sp³-hybridized carbons (Fsp3) is 0. The molecule has 18 heavy (non-hydrogen) atoms. The van der Waals surface area contributed by atoms with Crippen molar-refractivity contribution < 1.29 is 4.79 Å². The van der Waals surface area contributed by atoms with Gasteiger partial charge in [-0.1, -0.05) is 18.2 Å². The highest BCUT2D eigenvalue weighted by molar-refractivity contribution is 6.14. The number of aromatic nitrogens is 3. The summed E-state index contributed by atoms with van der Waals surface area (Å²) in [6, 6.07) is 10.9. The zero-order chi connectivity index (χ0) is 12.4. The molecule has 0 saturated carbocycles. The highest BCUT2D eigenvalue weighted by Gasteiger charge is 2.14. The number of pyridine rings is 1. The second-order valence-corrected chi connectivity index (χ2v) is 3.81. The van der Waals surface area contributed by atoms with Gasteiger partial charge in [-0.2, -0.15) is 0 Å². The number of nitrogens with zero attached hydrogens (tertiary/aromatic N) is 3. The van der Waals surface area contributed by atoms with Crippen LogP contribution in [0.4, 0.5) is 0 Å². The Bertz CT molecular complexity index is 705. The van der Waals surface area contributed by atoms with E-state index in [1.54, 1.807) is 24.5 Å². The van der Waals surface area contributed by atoms with Gasteiger partial charge in [0.25, 0.3) is 0 Å². The Labute approximate surface area is 103 Å². The van der Waals surface area contributed by atoms with Crippen LogP contribution in [-0.4, -0.2) is 20.7 Å². The van der Waals surface area contributed by atoms with Crippen molar-refractivity contribution >= 4 is 16.7 Å². The molecule has 0 atom stereocenters. The van der Waals surface area contributed by atoms with Crippen molar-refractivity contribution in [1.82, 2.24) is 15.0 Å². The van der Waals surface area contributed by atoms with Gasteiger partial charge >= 0.3 is 0 Å². The van der Waals surface area contributed by atoms with E-state index in [0.29, 0.717) is 11.3 Å². The summed E-state index contributed by atoms with van der Waals surface area (Å²) < 4.78 is 0. The first-order chi connectivity index (χ1) is 8.86. The molecule has 4 heteroatoms. The fourth-order valence-electron chi connectivity index (χ4n) is 1.82. The summed E-state index contributed by atoms with van der Waals surface area (Å²) in [6.45, 7) is 0. The van der Waals surface area contributed by atoms with Gasteiger partial charge in [-0.25, -0.2) is 9.97 Å². The Hall–Kier alpha value is -2.62. The van der Waals surface area contributed by atoms with E-state index >= 15 is 0 Å². The normalized spacial score (nSPS) is 10.4. The van der Waals surface area contributed by atoms with E-state index < -0.39 is 0 Å². The molecule has 0 bridgehead atoms. The largest absolute Gasteiger partial charge is 0.287 e. The Morgan fingerprint density at radius 2 is 1.89 bits per heavy atom. The van der Waals surface area contributed by atoms with Crippen LogP contribution in [0.2, 0.25) is 0 Å². The molecule has 2 aromatic heterocycles. The summed E-state index contributed by atoms with van der Waals surface area (Å²) in [6.07, 6.45) is 4.58. The van der Waals surface area contributed by atoms with Crippen molar-refractivity contribution in [2.24, 2.45) is 0 Å². The Morgan fingerprint density at radius 3 is 2.72 bits per heavy atom. The van der Waals surface area contributed by atoms with Gasteiger partial charge in [0.05, 0.1) is 5.52 Å². The molecule has 0 radical (unpaired) electrons. The van der Waals surface area contributed by atoms with Crippen LogP contribution < -0.4 is 0 Å². The maximum Gasteiger partial charge on any atom is 0.213 e. The summed E-state index contributed by atoms with van der Waals surface area (Å²) in [7, 11) is 0. The number of fused-ring (bicyclic) bond motifs is 1. The summed E-state index contributed by atoms with van der Waals surface area (Å²) in [4.78, 5) is 24.5. The van der Waals surface area contributed by atoms with Crippen LogP contribution in [0.15, 0.2) is 55.1 Å². The third kappa shape index (κ3) is 1.73. The van der Waals surface area contributed by atoms with Crippen molar-refractivity contribution in [2.45, 2.75) is 0 Å². The quantitative estimate of drug-likeness (QED) is 0.639. The average molecular weight is 235 g/mol. The topological polar surface area (TPSA) is 55.7 Å². The first-order valence-electron chi connectivity index (χ1n) is 5.51. The van der Waals surface area contributed by atoms with Gasteiger partial charge in [-0.05, 0) is 18.2 Å². The van der Waals surface area contributed by atoms with Crippen molar-refractivity contribution in [2.75, 3.05) is 0 Å². The van der Waals surface area contributed by atoms with Crippen molar-refractivity contribution in [3.8, 4) is 0 Å². The van der Waals surface area contributed by atoms with E-state index in [1.807, 2.05) is 24.3 Å². The highest BCUT2D eigenvalue weighted by Crippen LogP contribution is 2.16. The molecular formula is C14H9N3O. The average Bonchev–Trinajstić information content (AvgIpc) is 2.47. The molecule has 0 N–H and O–H groups in total. The molecule has 0 fully saturated rings. The molecule has 0 unspecified atom stereocenters. The summed E-state index contributed by atoms with van der Waals surface area (Å²) in [5.41, 5.74) is 1.70. The lowest BCUT2D eigenvalue weighted by Gasteiger charge is -2.03. The van der Waals surface area contributed by atoms with Gasteiger partial charge in [0.1, 0.15) is 12.0 Å². The first kappa shape index (κ1) is 10.5. The van der Waals surface area contributed by atoms with Gasteiger partial charge in [-0.3, -0.25) is 9.78 Å². The van der Waals surface area contributed by atoms with Crippen LogP contribution in [0.25, 0.3) is 10.9 Å². The minimum Gasteiger partial charge on any atom is -0.287 e. The molecule has 86 valence electrons. The van der Waals surface area contributed by atoms with Crippen LogP contribution in [0.3, 0.4) is 0 Å². The number of ketones is 1. The van der Waals surface area contributed by atoms with E-state index in [2.05, 4.69) is 15.0 Å². The van der Waals surface area contributed by atoms with E-state index in [9.17, 15) is 4.79 Å². The van der Waals surface area contributed by atoms with Crippen LogP contribution in [-0.2, 0) is 0 Å². The van der Waals surface area contributed by atoms with Crippen molar-refractivity contribution in [3.63, 3.8) is 0 Å². The molecule has 0 aliphatic heterocycles. The van der Waals surface area contributed by atoms with Gasteiger partial charge < -0.3 is 0 Å². The van der Waals surface area contributed by atoms with Crippen LogP contribution in [0, 0.1) is 0 Å². The molecule has 3 rings (SSSR count). The summed E-state index contributed by atoms with van der Waals surface area (Å²) in [5.74, 6) is -0.137. The number of carbonyl (C=O) groups is 1. The maximum absolute atomic E-state index is 12.3. The van der Waals surface area contributed by atoms with Gasteiger partial charge in [0, 0.05) is 23.3 Å². The number of hydrogen-bond acceptors (Lipinski definition) is 4. The molecule has 0 aliphatic carbocycles. The molecule has 0 amide bonds. The highest BCUT2D eigenvalue weighted by atomic mass is 16.1. The molecule has 2 heterocycles. The van der Waals surface area contributed by atoms with Gasteiger partial charge in [0.2, 0.25) is 5.78 Å². The first-order valence-corrected chi connectivity index (χ1v) is 5.51. The van der Waals surface area contributed by atoms with E-state index in [4.69, 9.17) is 0 Å². The molecule has 0 saturated heterocycles. The lowest BCUT2D eigenvalue weighted by atomic mass is 10.1. The Morgan fingerprint density at radius 1 is 1.00 bits per heavy atom. The molecule has 4 nitrogen and oxygen atoms in total. The second-order valence-electron chi connectivity index (χ2n) is 3.81. The van der Waals surface area contributed by atoms with Gasteiger partial charge in [0.15, 0.2) is 0 Å². The van der Waals surface area contributed by atoms with Crippen LogP contribution in [0.1, 0.15) is 16.1 Å². The van der Waals surface area contributed by atoms with Crippen molar-refractivity contribution in [3.05, 3.63) is 66.4 Å². The predicted molar refractivity (Wildman–Crippen MR) is 67.2 cm³/mol. The third-order valence-corrected chi connectivity index (χ3v) is 2.68. The predicted octanol–water partition coefficient (Wildman–Crippen LogP) is 2.26. The summed E-state index contributed by atoms with van der Waals surface area (Å²) in [5, 5.41) is 0.758. The van der Waals surface area contributed by atoms with E-state index in [-0.39, 0.29) is 5.78 Å². The maximum atomic E-state index is 12.3. The van der Waals surface area contributed by atoms with Crippen molar-refractivity contribution in [1.29, 1.82) is 0 Å². The standard InChI is InChI=1S/C14H9N3O/c18-14(10-4-3-7-15-8-10)13-11-5-1-2-6-12(11)16-9-17-13/h1-9H. The number of rotatable bonds is 2. The second kappa shape index (κ2) is 4.33. The zero-order valence-corrected chi connectivity index (χ0v) is 9.45. The lowest BCUT2D eigenvalue weighted by Crippen LogP contribution is -2.05. The molecule has 1 aromatic carbocycles. The molecular weight excluding hydrogens is 226 g/mol. The monoisotopic (exact) mass is 235 g/mol. The molecule has 0 spiro atoms. The summed E-state index contributed by atoms with van der Waals surface area (Å²) >= 11 is 0. The smallest absolute Gasteiger partial charge is 0.213 e. The minimum atomic E-state index is -0.137. The van der Waals surface area contributed by atoms with Crippen LogP contribution >= 0.6 is 0 Å². The lowest BCUT2D eigenvalue weighted by molar-refractivity contribution is 0.103. The van der Waals surface area contributed by atoms with Gasteiger partial charge in [-0.15, -0.1) is 0 Å². The zero-order valence-electron chi connectivity index (χ0n) is 9.45. The number of benzene rings is 1. The molecule has 0 aliphatic rings. The fourth-order valence-corrected chi connectivity index (χ4v) is 1.82. The minimum absolute atomic E-state index is 0.137. The Balaban J connectivity index is 2.18. The van der Waals surface area contributed by atoms with E-state index in [1.165, 1.54) is 6.33 Å². The molecule has 3 aromatic rings. The van der Waals surface area contributed by atoms with Crippen LogP contribution in [0.5, 0.6) is 0 Å². The number of para-hydroxylation sites is 1. The SMILES string of the molecule is O=C(c1cccnc1)c1ncnc2ccccc12. The number of hydrogen-bond donors (Lipinski definition) is 0.